The summed E-state index contributed by atoms with van der Waals surface area (Å²) in [4.78, 5) is 21.4. The van der Waals surface area contributed by atoms with Crippen LogP contribution in [0.3, 0.4) is 0 Å². The summed E-state index contributed by atoms with van der Waals surface area (Å²) in [6.07, 6.45) is -10.1. The first-order valence-electron chi connectivity index (χ1n) is 4.99. The Labute approximate surface area is 109 Å². The van der Waals surface area contributed by atoms with Crippen molar-refractivity contribution in [3.63, 3.8) is 0 Å². The van der Waals surface area contributed by atoms with Gasteiger partial charge >= 0.3 is 24.3 Å². The number of esters is 2. The summed E-state index contributed by atoms with van der Waals surface area (Å²) >= 11 is 0. The van der Waals surface area contributed by atoms with Crippen LogP contribution in [0.4, 0.5) is 26.3 Å². The first kappa shape index (κ1) is 18.3. The van der Waals surface area contributed by atoms with E-state index in [1.54, 1.807) is 0 Å². The molecule has 0 amide bonds. The molecule has 0 saturated carbocycles. The van der Waals surface area contributed by atoms with Crippen LogP contribution in [0.2, 0.25) is 0 Å². The summed E-state index contributed by atoms with van der Waals surface area (Å²) in [5.74, 6) is -5.69. The molecule has 0 aromatic rings. The molecule has 0 aromatic heterocycles. The number of hydrogen-bond donors (Lipinski definition) is 0. The van der Waals surface area contributed by atoms with E-state index in [1.807, 2.05) is 0 Å². The topological polar surface area (TPSA) is 52.6 Å². The Morgan fingerprint density at radius 3 is 1.95 bits per heavy atom. The largest absolute Gasteiger partial charge is 0.461 e. The minimum atomic E-state index is -5.13. The number of halogens is 6. The number of methoxy groups -OCH3 is 1. The normalized spacial score (nSPS) is 14.7. The molecular weight excluding hydrogens is 298 g/mol. The molecular formula is C10H10F6O4. The molecule has 0 radical (unpaired) electrons. The lowest BCUT2D eigenvalue weighted by atomic mass is 10.1. The van der Waals surface area contributed by atoms with E-state index in [9.17, 15) is 35.9 Å². The molecule has 0 fully saturated rings. The zero-order chi connectivity index (χ0) is 16.1. The monoisotopic (exact) mass is 308 g/mol. The quantitative estimate of drug-likeness (QED) is 0.348. The van der Waals surface area contributed by atoms with Gasteiger partial charge in [0.25, 0.3) is 0 Å². The molecule has 0 aliphatic carbocycles. The molecule has 0 aliphatic rings. The first-order valence-corrected chi connectivity index (χ1v) is 4.99. The lowest BCUT2D eigenvalue weighted by Crippen LogP contribution is -2.26. The van der Waals surface area contributed by atoms with Gasteiger partial charge in [-0.15, -0.1) is 0 Å². The van der Waals surface area contributed by atoms with Crippen molar-refractivity contribution >= 4 is 11.9 Å². The smallest absolute Gasteiger partial charge is 0.417 e. The minimum Gasteiger partial charge on any atom is -0.461 e. The molecule has 0 rings (SSSR count). The van der Waals surface area contributed by atoms with Crippen LogP contribution in [0, 0.1) is 5.92 Å². The molecule has 116 valence electrons. The van der Waals surface area contributed by atoms with Crippen LogP contribution < -0.4 is 0 Å². The standard InChI is InChI=1S/C10H10F6O4/c1-5(9(11,12)13)3-6(10(14,15)16)4-20-8(18)7(17)19-2/h3,5H,4H2,1-2H3/b6-3-. The fraction of sp³-hybridized carbons (Fsp3) is 0.600. The fourth-order valence-electron chi connectivity index (χ4n) is 0.906. The molecule has 0 aromatic carbocycles. The predicted octanol–water partition coefficient (Wildman–Crippen LogP) is 2.39. The van der Waals surface area contributed by atoms with Gasteiger partial charge in [-0.2, -0.15) is 26.3 Å². The van der Waals surface area contributed by atoms with Crippen molar-refractivity contribution in [3.8, 4) is 0 Å². The van der Waals surface area contributed by atoms with Crippen LogP contribution in [-0.4, -0.2) is 38.0 Å². The second-order valence-electron chi connectivity index (χ2n) is 3.59. The third-order valence-electron chi connectivity index (χ3n) is 2.04. The number of alkyl halides is 6. The van der Waals surface area contributed by atoms with Gasteiger partial charge in [0.15, 0.2) is 0 Å². The highest BCUT2D eigenvalue weighted by Gasteiger charge is 2.40. The van der Waals surface area contributed by atoms with Gasteiger partial charge in [0.1, 0.15) is 6.61 Å². The summed E-state index contributed by atoms with van der Waals surface area (Å²) in [6.45, 7) is -1.01. The van der Waals surface area contributed by atoms with Gasteiger partial charge in [0.2, 0.25) is 0 Å². The maximum absolute atomic E-state index is 12.5. The van der Waals surface area contributed by atoms with Crippen molar-refractivity contribution in [2.45, 2.75) is 19.3 Å². The van der Waals surface area contributed by atoms with E-state index in [0.29, 0.717) is 6.92 Å². The van der Waals surface area contributed by atoms with Gasteiger partial charge in [-0.05, 0) is 0 Å². The van der Waals surface area contributed by atoms with Gasteiger partial charge in [0, 0.05) is 0 Å². The van der Waals surface area contributed by atoms with Crippen LogP contribution in [-0.2, 0) is 19.1 Å². The van der Waals surface area contributed by atoms with E-state index in [0.717, 1.165) is 7.11 Å². The molecule has 10 heteroatoms. The fourth-order valence-corrected chi connectivity index (χ4v) is 0.906. The average Bonchev–Trinajstić information content (AvgIpc) is 2.29. The Hall–Kier alpha value is -1.74. The predicted molar refractivity (Wildman–Crippen MR) is 52.3 cm³/mol. The van der Waals surface area contributed by atoms with Gasteiger partial charge in [-0.1, -0.05) is 13.0 Å². The lowest BCUT2D eigenvalue weighted by Gasteiger charge is -2.16. The first-order chi connectivity index (χ1) is 8.89. The number of carbonyl (C=O) groups is 2. The Bertz CT molecular complexity index is 396. The second kappa shape index (κ2) is 6.62. The molecule has 0 N–H and O–H groups in total. The lowest BCUT2D eigenvalue weighted by molar-refractivity contribution is -0.167. The van der Waals surface area contributed by atoms with Crippen molar-refractivity contribution in [2.75, 3.05) is 13.7 Å². The van der Waals surface area contributed by atoms with Crippen molar-refractivity contribution in [2.24, 2.45) is 5.92 Å². The highest BCUT2D eigenvalue weighted by molar-refractivity contribution is 6.29. The Kier molecular flexibility index (Phi) is 6.04. The van der Waals surface area contributed by atoms with Crippen LogP contribution in [0.15, 0.2) is 11.6 Å². The van der Waals surface area contributed by atoms with Crippen molar-refractivity contribution in [1.29, 1.82) is 0 Å². The Balaban J connectivity index is 4.99. The van der Waals surface area contributed by atoms with E-state index in [-0.39, 0.29) is 6.08 Å². The molecule has 0 aliphatic heterocycles. The highest BCUT2D eigenvalue weighted by Crippen LogP contribution is 2.32. The molecule has 20 heavy (non-hydrogen) atoms. The zero-order valence-electron chi connectivity index (χ0n) is 10.3. The van der Waals surface area contributed by atoms with E-state index >= 15 is 0 Å². The van der Waals surface area contributed by atoms with E-state index in [1.165, 1.54) is 0 Å². The SMILES string of the molecule is COC(=O)C(=O)OC/C(=C/C(C)C(F)(F)F)C(F)(F)F. The summed E-state index contributed by atoms with van der Waals surface area (Å²) in [6, 6.07) is 0. The molecule has 0 spiro atoms. The number of rotatable bonds is 3. The van der Waals surface area contributed by atoms with Crippen molar-refractivity contribution in [1.82, 2.24) is 0 Å². The molecule has 1 unspecified atom stereocenters. The maximum Gasteiger partial charge on any atom is 0.417 e. The van der Waals surface area contributed by atoms with Gasteiger partial charge in [-0.3, -0.25) is 0 Å². The van der Waals surface area contributed by atoms with Crippen molar-refractivity contribution < 1.29 is 45.4 Å². The summed E-state index contributed by atoms with van der Waals surface area (Å²) < 4.78 is 81.7. The van der Waals surface area contributed by atoms with Gasteiger partial charge in [0.05, 0.1) is 18.6 Å². The van der Waals surface area contributed by atoms with E-state index in [4.69, 9.17) is 0 Å². The molecule has 0 heterocycles. The van der Waals surface area contributed by atoms with Gasteiger partial charge in [-0.25, -0.2) is 9.59 Å². The van der Waals surface area contributed by atoms with E-state index in [2.05, 4.69) is 9.47 Å². The molecule has 1 atom stereocenters. The second-order valence-corrected chi connectivity index (χ2v) is 3.59. The Morgan fingerprint density at radius 2 is 1.60 bits per heavy atom. The molecule has 0 saturated heterocycles. The summed E-state index contributed by atoms with van der Waals surface area (Å²) in [5.41, 5.74) is -1.72. The van der Waals surface area contributed by atoms with Crippen LogP contribution in [0.5, 0.6) is 0 Å². The number of hydrogen-bond acceptors (Lipinski definition) is 4. The van der Waals surface area contributed by atoms with Crippen molar-refractivity contribution in [3.05, 3.63) is 11.6 Å². The van der Waals surface area contributed by atoms with Gasteiger partial charge < -0.3 is 9.47 Å². The van der Waals surface area contributed by atoms with Crippen LogP contribution >= 0.6 is 0 Å². The van der Waals surface area contributed by atoms with E-state index < -0.39 is 42.4 Å². The third-order valence-corrected chi connectivity index (χ3v) is 2.04. The highest BCUT2D eigenvalue weighted by atomic mass is 19.4. The maximum atomic E-state index is 12.5. The zero-order valence-corrected chi connectivity index (χ0v) is 10.3. The summed E-state index contributed by atoms with van der Waals surface area (Å²) in [7, 11) is 0.788. The number of ether oxygens (including phenoxy) is 2. The average molecular weight is 308 g/mol. The third kappa shape index (κ3) is 5.93. The Morgan fingerprint density at radius 1 is 1.10 bits per heavy atom. The molecule has 0 bridgehead atoms. The van der Waals surface area contributed by atoms with Crippen LogP contribution in [0.1, 0.15) is 6.92 Å². The number of allylic oxidation sites excluding steroid dienone is 1. The summed E-state index contributed by atoms with van der Waals surface area (Å²) in [5, 5.41) is 0. The number of carbonyl (C=O) groups excluding carboxylic acids is 2. The minimum absolute atomic E-state index is 0.120. The molecule has 4 nitrogen and oxygen atoms in total. The van der Waals surface area contributed by atoms with Crippen LogP contribution in [0.25, 0.3) is 0 Å².